The summed E-state index contributed by atoms with van der Waals surface area (Å²) in [6.45, 7) is 0. The average Bonchev–Trinajstić information content (AvgIpc) is 4.04. The van der Waals surface area contributed by atoms with Crippen LogP contribution < -0.4 is 14.7 Å². The zero-order valence-electron chi connectivity index (χ0n) is 43.0. The second-order valence-electron chi connectivity index (χ2n) is 19.4. The third-order valence-corrected chi connectivity index (χ3v) is 14.6. The van der Waals surface area contributed by atoms with Gasteiger partial charge in [-0.2, -0.15) is 0 Å². The molecule has 0 spiro atoms. The van der Waals surface area contributed by atoms with Crippen LogP contribution in [-0.2, 0) is 0 Å². The number of benzene rings is 12. The molecule has 0 unspecified atom stereocenters. The van der Waals surface area contributed by atoms with Gasteiger partial charge in [-0.05, 0) is 167 Å². The molecule has 0 aliphatic heterocycles. The second-order valence-corrected chi connectivity index (χ2v) is 19.4. The summed E-state index contributed by atoms with van der Waals surface area (Å²) < 4.78 is 2.42. The molecule has 0 atom stereocenters. The Morgan fingerprint density at radius 2 is 0.474 bits per heavy atom. The second kappa shape index (κ2) is 21.4. The summed E-state index contributed by atoms with van der Waals surface area (Å²) in [6.07, 6.45) is 0. The number of rotatable bonds is 14. The monoisotopic (exact) mass is 998 g/mol. The average molecular weight is 999 g/mol. The molecule has 13 rings (SSSR count). The zero-order chi connectivity index (χ0) is 52.0. The van der Waals surface area contributed by atoms with Gasteiger partial charge in [-0.15, -0.1) is 0 Å². The fourth-order valence-corrected chi connectivity index (χ4v) is 10.9. The Morgan fingerprint density at radius 3 is 0.833 bits per heavy atom. The first-order chi connectivity index (χ1) is 38.7. The van der Waals surface area contributed by atoms with E-state index < -0.39 is 0 Å². The van der Waals surface area contributed by atoms with Crippen molar-refractivity contribution in [2.24, 2.45) is 0 Å². The van der Waals surface area contributed by atoms with Gasteiger partial charge in [0.15, 0.2) is 0 Å². The standard InChI is InChI=1S/C74H54N4/c1-8-22-58(23-9-1)73-71-54-60(42-53-72(71)78(65-34-20-7-21-35-65)74(73)59-24-10-2-11-25-59)57-40-47-68(48-41-57)76(63-30-16-5-17-31-63)66-43-36-55(37-44-66)56-38-45-67(46-39-56)77(64-32-18-6-19-33-64)70-51-49-69(50-52-70)75(61-26-12-3-13-27-61)62-28-14-4-15-29-62/h1-54H. The van der Waals surface area contributed by atoms with Crippen LogP contribution in [0.5, 0.6) is 0 Å². The van der Waals surface area contributed by atoms with E-state index in [2.05, 4.69) is 347 Å². The fraction of sp³-hybridized carbons (Fsp3) is 0. The van der Waals surface area contributed by atoms with Crippen LogP contribution >= 0.6 is 0 Å². The van der Waals surface area contributed by atoms with Gasteiger partial charge in [-0.3, -0.25) is 0 Å². The molecule has 0 N–H and O–H groups in total. The lowest BCUT2D eigenvalue weighted by atomic mass is 9.96. The molecule has 0 saturated heterocycles. The van der Waals surface area contributed by atoms with Gasteiger partial charge < -0.3 is 19.3 Å². The molecular weight excluding hydrogens is 945 g/mol. The Kier molecular flexibility index (Phi) is 13.0. The van der Waals surface area contributed by atoms with Crippen LogP contribution in [0.25, 0.3) is 61.2 Å². The van der Waals surface area contributed by atoms with Crippen LogP contribution in [0, 0.1) is 0 Å². The van der Waals surface area contributed by atoms with Crippen molar-refractivity contribution in [1.29, 1.82) is 0 Å². The van der Waals surface area contributed by atoms with E-state index in [1.54, 1.807) is 0 Å². The summed E-state index contributed by atoms with van der Waals surface area (Å²) in [5.74, 6) is 0. The van der Waals surface area contributed by atoms with Crippen molar-refractivity contribution in [2.45, 2.75) is 0 Å². The summed E-state index contributed by atoms with van der Waals surface area (Å²) in [6, 6.07) is 117. The lowest BCUT2D eigenvalue weighted by Crippen LogP contribution is -2.12. The Balaban J connectivity index is 0.804. The van der Waals surface area contributed by atoms with Gasteiger partial charge in [0.1, 0.15) is 0 Å². The highest BCUT2D eigenvalue weighted by molar-refractivity contribution is 6.07. The van der Waals surface area contributed by atoms with E-state index in [0.717, 1.165) is 79.1 Å². The van der Waals surface area contributed by atoms with E-state index in [1.807, 2.05) is 0 Å². The van der Waals surface area contributed by atoms with Gasteiger partial charge in [-0.1, -0.05) is 194 Å². The Bertz CT molecular complexity index is 4020. The van der Waals surface area contributed by atoms with E-state index in [-0.39, 0.29) is 0 Å². The Labute approximate surface area is 456 Å². The van der Waals surface area contributed by atoms with Crippen LogP contribution in [0.2, 0.25) is 0 Å². The number of hydrogen-bond acceptors (Lipinski definition) is 3. The first-order valence-corrected chi connectivity index (χ1v) is 26.6. The number of anilines is 9. The molecule has 1 aromatic heterocycles. The molecule has 0 bridgehead atoms. The maximum atomic E-state index is 2.42. The number of hydrogen-bond donors (Lipinski definition) is 0. The van der Waals surface area contributed by atoms with Crippen molar-refractivity contribution < 1.29 is 0 Å². The Hall–Kier alpha value is -10.4. The number of aromatic nitrogens is 1. The number of fused-ring (bicyclic) bond motifs is 1. The maximum Gasteiger partial charge on any atom is 0.0619 e. The molecule has 1 heterocycles. The fourth-order valence-electron chi connectivity index (χ4n) is 10.9. The van der Waals surface area contributed by atoms with Crippen LogP contribution in [0.15, 0.2) is 328 Å². The van der Waals surface area contributed by atoms with Crippen LogP contribution in [-0.4, -0.2) is 4.57 Å². The molecular formula is C74H54N4. The molecule has 4 nitrogen and oxygen atoms in total. The maximum absolute atomic E-state index is 2.42. The summed E-state index contributed by atoms with van der Waals surface area (Å²) >= 11 is 0. The lowest BCUT2D eigenvalue weighted by Gasteiger charge is -2.28. The molecule has 0 amide bonds. The van der Waals surface area contributed by atoms with Crippen molar-refractivity contribution in [3.8, 4) is 50.3 Å². The highest BCUT2D eigenvalue weighted by Crippen LogP contribution is 2.45. The third kappa shape index (κ3) is 9.40. The van der Waals surface area contributed by atoms with E-state index in [4.69, 9.17) is 0 Å². The van der Waals surface area contributed by atoms with E-state index in [0.29, 0.717) is 0 Å². The van der Waals surface area contributed by atoms with E-state index >= 15 is 0 Å². The largest absolute Gasteiger partial charge is 0.311 e. The van der Waals surface area contributed by atoms with Crippen molar-refractivity contribution in [2.75, 3.05) is 14.7 Å². The minimum absolute atomic E-state index is 1.08. The number of nitrogens with zero attached hydrogens (tertiary/aromatic N) is 4. The quantitative estimate of drug-likeness (QED) is 0.108. The van der Waals surface area contributed by atoms with Crippen LogP contribution in [0.4, 0.5) is 51.2 Å². The van der Waals surface area contributed by atoms with E-state index in [1.165, 1.54) is 33.3 Å². The van der Waals surface area contributed by atoms with Gasteiger partial charge in [0.2, 0.25) is 0 Å². The molecule has 0 fully saturated rings. The molecule has 12 aromatic carbocycles. The molecule has 4 heteroatoms. The summed E-state index contributed by atoms with van der Waals surface area (Å²) in [5.41, 5.74) is 21.5. The predicted octanol–water partition coefficient (Wildman–Crippen LogP) is 20.7. The summed E-state index contributed by atoms with van der Waals surface area (Å²) in [4.78, 5) is 6.95. The molecule has 0 radical (unpaired) electrons. The normalized spacial score (nSPS) is 11.1. The molecule has 78 heavy (non-hydrogen) atoms. The van der Waals surface area contributed by atoms with Gasteiger partial charge in [0.25, 0.3) is 0 Å². The molecule has 370 valence electrons. The SMILES string of the molecule is c1ccc(-c2c(-c3ccccc3)n(-c3ccccc3)c3ccc(-c4ccc(N(c5ccccc5)c5ccc(-c6ccc(N(c7ccccc7)c7ccc(N(c8ccccc8)c8ccccc8)cc7)cc6)cc5)cc4)cc23)cc1. The first-order valence-electron chi connectivity index (χ1n) is 26.6. The van der Waals surface area contributed by atoms with Crippen molar-refractivity contribution >= 4 is 62.1 Å². The van der Waals surface area contributed by atoms with Gasteiger partial charge >= 0.3 is 0 Å². The molecule has 0 saturated carbocycles. The van der Waals surface area contributed by atoms with E-state index in [9.17, 15) is 0 Å². The van der Waals surface area contributed by atoms with Crippen molar-refractivity contribution in [3.05, 3.63) is 328 Å². The zero-order valence-corrected chi connectivity index (χ0v) is 43.0. The van der Waals surface area contributed by atoms with Crippen molar-refractivity contribution in [3.63, 3.8) is 0 Å². The van der Waals surface area contributed by atoms with Crippen LogP contribution in [0.1, 0.15) is 0 Å². The lowest BCUT2D eigenvalue weighted by molar-refractivity contribution is 1.13. The highest BCUT2D eigenvalue weighted by atomic mass is 15.2. The third-order valence-electron chi connectivity index (χ3n) is 14.6. The Morgan fingerprint density at radius 1 is 0.205 bits per heavy atom. The molecule has 13 aromatic rings. The first kappa shape index (κ1) is 47.3. The summed E-state index contributed by atoms with van der Waals surface area (Å²) in [7, 11) is 0. The minimum atomic E-state index is 1.08. The highest BCUT2D eigenvalue weighted by Gasteiger charge is 2.23. The smallest absolute Gasteiger partial charge is 0.0619 e. The molecule has 0 aliphatic carbocycles. The van der Waals surface area contributed by atoms with Gasteiger partial charge in [0, 0.05) is 67.8 Å². The predicted molar refractivity (Wildman–Crippen MR) is 329 cm³/mol. The number of para-hydroxylation sites is 5. The topological polar surface area (TPSA) is 14.7 Å². The summed E-state index contributed by atoms with van der Waals surface area (Å²) in [5, 5.41) is 1.21. The molecule has 0 aliphatic rings. The van der Waals surface area contributed by atoms with Gasteiger partial charge in [-0.25, -0.2) is 0 Å². The van der Waals surface area contributed by atoms with Crippen molar-refractivity contribution in [1.82, 2.24) is 4.57 Å². The van der Waals surface area contributed by atoms with Gasteiger partial charge in [0.05, 0.1) is 11.2 Å². The van der Waals surface area contributed by atoms with Crippen LogP contribution in [0.3, 0.4) is 0 Å². The minimum Gasteiger partial charge on any atom is -0.311 e.